The zero-order valence-electron chi connectivity index (χ0n) is 8.69. The molecule has 1 aromatic rings. The summed E-state index contributed by atoms with van der Waals surface area (Å²) in [5.41, 5.74) is 0. The van der Waals surface area contributed by atoms with Crippen LogP contribution in [0.1, 0.15) is 0 Å². The molecule has 11 heteroatoms. The third kappa shape index (κ3) is 4.38. The van der Waals surface area contributed by atoms with Crippen LogP contribution in [-0.4, -0.2) is 21.3 Å². The lowest BCUT2D eigenvalue weighted by atomic mass is 10.3. The van der Waals surface area contributed by atoms with E-state index in [-0.39, 0.29) is 6.07 Å². The molecule has 0 heterocycles. The van der Waals surface area contributed by atoms with Crippen LogP contribution in [0.5, 0.6) is 5.75 Å². The molecule has 106 valence electrons. The fraction of sp³-hybridized carbons (Fsp3) is 0.125. The van der Waals surface area contributed by atoms with Gasteiger partial charge < -0.3 is 4.74 Å². The van der Waals surface area contributed by atoms with E-state index in [1.165, 1.54) is 0 Å². The molecule has 1 unspecified atom stereocenters. The molecule has 1 atom stereocenters. The van der Waals surface area contributed by atoms with E-state index >= 15 is 0 Å². The van der Waals surface area contributed by atoms with Crippen molar-refractivity contribution in [3.8, 4) is 5.75 Å². The topological polar surface area (TPSA) is 72.8 Å². The van der Waals surface area contributed by atoms with Crippen molar-refractivity contribution in [3.05, 3.63) is 29.3 Å². The molecule has 5 nitrogen and oxygen atoms in total. The van der Waals surface area contributed by atoms with E-state index in [0.29, 0.717) is 0 Å². The number of ether oxygens (including phenoxy) is 1. The van der Waals surface area contributed by atoms with Crippen molar-refractivity contribution in [1.82, 2.24) is 0 Å². The van der Waals surface area contributed by atoms with Gasteiger partial charge in [0.1, 0.15) is 0 Å². The first-order valence-corrected chi connectivity index (χ1v) is 6.64. The molecular weight excluding hydrogens is 316 g/mol. The van der Waals surface area contributed by atoms with Gasteiger partial charge in [0, 0.05) is 17.3 Å². The first kappa shape index (κ1) is 15.8. The molecule has 0 aliphatic heterocycles. The lowest BCUT2D eigenvalue weighted by molar-refractivity contribution is -0.137. The number of carbonyl (C=O) groups is 1. The Morgan fingerprint density at radius 2 is 1.74 bits per heavy atom. The molecule has 0 fully saturated rings. The van der Waals surface area contributed by atoms with Crippen LogP contribution in [0.3, 0.4) is 0 Å². The van der Waals surface area contributed by atoms with Gasteiger partial charge in [-0.25, -0.2) is 13.6 Å². The Morgan fingerprint density at radius 3 is 2.16 bits per heavy atom. The third-order valence-corrected chi connectivity index (χ3v) is 2.32. The molecule has 1 rings (SSSR count). The lowest BCUT2D eigenvalue weighted by Crippen LogP contribution is -2.19. The van der Waals surface area contributed by atoms with Gasteiger partial charge in [0.2, 0.25) is 17.4 Å². The first-order valence-electron chi connectivity index (χ1n) is 4.27. The number of carbonyl (C=O) groups excluding carboxylic acids is 1. The minimum absolute atomic E-state index is 0.0811. The molecule has 0 amide bonds. The molecule has 19 heavy (non-hydrogen) atoms. The largest absolute Gasteiger partial charge is 0.418 e. The van der Waals surface area contributed by atoms with Crippen LogP contribution in [0.25, 0.3) is 0 Å². The van der Waals surface area contributed by atoms with Gasteiger partial charge in [-0.15, -0.1) is 0 Å². The Kier molecular flexibility index (Phi) is 4.79. The minimum Gasteiger partial charge on any atom is -0.418 e. The Bertz CT molecular complexity index is 590. The maximum Gasteiger partial charge on any atom is 0.339 e. The van der Waals surface area contributed by atoms with Crippen LogP contribution in [0, 0.1) is 23.3 Å². The van der Waals surface area contributed by atoms with Crippen molar-refractivity contribution in [3.63, 3.8) is 0 Å². The van der Waals surface area contributed by atoms with Crippen molar-refractivity contribution in [2.75, 3.05) is 6.61 Å². The summed E-state index contributed by atoms with van der Waals surface area (Å²) in [7, 11) is -4.15. The monoisotopic (exact) mass is 320 g/mol. The Labute approximate surface area is 108 Å². The second-order valence-electron chi connectivity index (χ2n) is 2.96. The normalized spacial score (nSPS) is 13.9. The van der Waals surface area contributed by atoms with E-state index < -0.39 is 50.6 Å². The molecule has 0 aromatic heterocycles. The van der Waals surface area contributed by atoms with E-state index in [4.69, 9.17) is 4.55 Å². The molecule has 1 aromatic carbocycles. The van der Waals surface area contributed by atoms with Crippen LogP contribution in [0.4, 0.5) is 17.6 Å². The fourth-order valence-corrected chi connectivity index (χ4v) is 1.30. The van der Waals surface area contributed by atoms with E-state index in [1.807, 2.05) is 0 Å². The van der Waals surface area contributed by atoms with E-state index in [2.05, 4.69) is 20.1 Å². The summed E-state index contributed by atoms with van der Waals surface area (Å²) in [6, 6.07) is -0.0811. The highest BCUT2D eigenvalue weighted by molar-refractivity contribution is 8.27. The summed E-state index contributed by atoms with van der Waals surface area (Å²) in [6.45, 7) is -1.24. The number of rotatable bonds is 4. The highest BCUT2D eigenvalue weighted by Crippen LogP contribution is 2.26. The molecule has 0 spiro atoms. The summed E-state index contributed by atoms with van der Waals surface area (Å²) in [5, 5.41) is 0. The Hall–Kier alpha value is -1.30. The predicted octanol–water partition coefficient (Wildman–Crippen LogP) is 1.30. The molecule has 0 saturated carbocycles. The zero-order chi connectivity index (χ0) is 14.8. The smallest absolute Gasteiger partial charge is 0.339 e. The van der Waals surface area contributed by atoms with Crippen LogP contribution in [0.15, 0.2) is 6.07 Å². The standard InChI is InChI=1S/C8H4F4O5S2/c9-3-1-4(10)7(12)8(6(3)11)17-5(13)2-16-19(14,15)18/h1H,2H2,(H,14,15,18). The number of hydrogen-bond acceptors (Lipinski definition) is 5. The number of benzene rings is 1. The van der Waals surface area contributed by atoms with Crippen molar-refractivity contribution >= 4 is 26.2 Å². The van der Waals surface area contributed by atoms with Crippen molar-refractivity contribution in [2.45, 2.75) is 0 Å². The highest BCUT2D eigenvalue weighted by atomic mass is 32.9. The van der Waals surface area contributed by atoms with Gasteiger partial charge in [-0.05, 0) is 0 Å². The quantitative estimate of drug-likeness (QED) is 0.390. The summed E-state index contributed by atoms with van der Waals surface area (Å²) in [5.74, 6) is -10.6. The van der Waals surface area contributed by atoms with Crippen molar-refractivity contribution < 1.29 is 40.0 Å². The summed E-state index contributed by atoms with van der Waals surface area (Å²) < 4.78 is 78.4. The van der Waals surface area contributed by atoms with Crippen LogP contribution in [0.2, 0.25) is 0 Å². The summed E-state index contributed by atoms with van der Waals surface area (Å²) in [6.07, 6.45) is 0. The van der Waals surface area contributed by atoms with Gasteiger partial charge in [0.25, 0.3) is 9.05 Å². The SMILES string of the molecule is O=C(COS(=O)(O)=S)Oc1c(F)c(F)cc(F)c1F. The maximum absolute atomic E-state index is 13.1. The zero-order valence-corrected chi connectivity index (χ0v) is 10.3. The molecule has 0 aliphatic rings. The van der Waals surface area contributed by atoms with E-state index in [9.17, 15) is 26.6 Å². The molecule has 0 aliphatic carbocycles. The Morgan fingerprint density at radius 1 is 1.26 bits per heavy atom. The number of halogens is 4. The fourth-order valence-electron chi connectivity index (χ4n) is 0.907. The first-order chi connectivity index (χ1) is 8.61. The van der Waals surface area contributed by atoms with Crippen LogP contribution >= 0.6 is 0 Å². The maximum atomic E-state index is 13.1. The van der Waals surface area contributed by atoms with Gasteiger partial charge in [-0.2, -0.15) is 13.0 Å². The molecule has 0 radical (unpaired) electrons. The second kappa shape index (κ2) is 5.77. The van der Waals surface area contributed by atoms with Crippen LogP contribution < -0.4 is 4.74 Å². The van der Waals surface area contributed by atoms with Gasteiger partial charge in [-0.1, -0.05) is 0 Å². The van der Waals surface area contributed by atoms with Crippen molar-refractivity contribution in [1.29, 1.82) is 0 Å². The molecular formula is C8H4F4O5S2. The van der Waals surface area contributed by atoms with E-state index in [1.54, 1.807) is 0 Å². The summed E-state index contributed by atoms with van der Waals surface area (Å²) >= 11 is 3.85. The van der Waals surface area contributed by atoms with Crippen molar-refractivity contribution in [2.24, 2.45) is 0 Å². The number of hydrogen-bond donors (Lipinski definition) is 1. The average molecular weight is 320 g/mol. The third-order valence-electron chi connectivity index (χ3n) is 1.61. The van der Waals surface area contributed by atoms with E-state index in [0.717, 1.165) is 0 Å². The van der Waals surface area contributed by atoms with Gasteiger partial charge in [0.15, 0.2) is 18.2 Å². The highest BCUT2D eigenvalue weighted by Gasteiger charge is 2.23. The average Bonchev–Trinajstić information content (AvgIpc) is 2.29. The molecule has 0 bridgehead atoms. The lowest BCUT2D eigenvalue weighted by Gasteiger charge is -2.07. The molecule has 0 saturated heterocycles. The second-order valence-corrected chi connectivity index (χ2v) is 5.32. The van der Waals surface area contributed by atoms with Gasteiger partial charge >= 0.3 is 5.97 Å². The molecule has 1 N–H and O–H groups in total. The number of esters is 1. The predicted molar refractivity (Wildman–Crippen MR) is 56.0 cm³/mol. The van der Waals surface area contributed by atoms with Gasteiger partial charge in [-0.3, -0.25) is 8.74 Å². The van der Waals surface area contributed by atoms with Gasteiger partial charge in [0.05, 0.1) is 0 Å². The Balaban J connectivity index is 2.91. The minimum atomic E-state index is -4.15. The summed E-state index contributed by atoms with van der Waals surface area (Å²) in [4.78, 5) is 11.0. The van der Waals surface area contributed by atoms with Crippen LogP contribution in [-0.2, 0) is 29.2 Å².